The smallest absolute Gasteiger partial charge is 0.164 e. The van der Waals surface area contributed by atoms with E-state index in [0.717, 1.165) is 13.6 Å². The molecule has 0 amide bonds. The van der Waals surface area contributed by atoms with Crippen molar-refractivity contribution in [2.45, 2.75) is 19.9 Å². The summed E-state index contributed by atoms with van der Waals surface area (Å²) in [5.74, 6) is -1.56. The molecule has 0 fully saturated rings. The van der Waals surface area contributed by atoms with Crippen LogP contribution in [0.4, 0.5) is 8.78 Å². The van der Waals surface area contributed by atoms with Crippen molar-refractivity contribution in [1.82, 2.24) is 5.32 Å². The molecule has 1 atom stereocenters. The molecule has 2 aromatic carbocycles. The monoisotopic (exact) mass is 465 g/mol. The fraction of sp³-hybridized carbons (Fsp3) is 0.250. The van der Waals surface area contributed by atoms with Crippen molar-refractivity contribution in [2.75, 3.05) is 6.54 Å². The second-order valence-corrected chi connectivity index (χ2v) is 6.83. The highest BCUT2D eigenvalue weighted by Crippen LogP contribution is 2.31. The number of aryl methyl sites for hydroxylation is 1. The zero-order valence-corrected chi connectivity index (χ0v) is 15.4. The lowest BCUT2D eigenvalue weighted by atomic mass is 9.97. The van der Waals surface area contributed by atoms with E-state index in [-0.39, 0.29) is 6.04 Å². The first-order valence-corrected chi connectivity index (χ1v) is 8.45. The lowest BCUT2D eigenvalue weighted by Gasteiger charge is -2.21. The number of nitrogens with one attached hydrogen (secondary N) is 1. The third kappa shape index (κ3) is 3.63. The molecule has 0 aliphatic heterocycles. The topological polar surface area (TPSA) is 12.0 Å². The average Bonchev–Trinajstić information content (AvgIpc) is 2.46. The summed E-state index contributed by atoms with van der Waals surface area (Å²) in [5, 5.41) is 3.24. The Labute approximate surface area is 145 Å². The van der Waals surface area contributed by atoms with Crippen molar-refractivity contribution in [3.8, 4) is 0 Å². The number of hydrogen-bond donors (Lipinski definition) is 1. The number of rotatable bonds is 4. The van der Waals surface area contributed by atoms with Gasteiger partial charge in [-0.2, -0.15) is 0 Å². The number of halogens is 4. The Bertz CT molecular complexity index is 661. The maximum absolute atomic E-state index is 14.3. The molecule has 0 heterocycles. The van der Waals surface area contributed by atoms with Gasteiger partial charge in [0.2, 0.25) is 0 Å². The normalized spacial score (nSPS) is 12.5. The standard InChI is InChI=1S/C16H15BrF2IN/c1-3-21-16(12-8-10(17)5-7-13(12)20)11-6-4-9(2)14(18)15(11)19/h4-8,16,21H,3H2,1-2H3. The molecule has 0 saturated carbocycles. The van der Waals surface area contributed by atoms with E-state index in [1.807, 2.05) is 25.1 Å². The highest BCUT2D eigenvalue weighted by molar-refractivity contribution is 14.1. The molecular formula is C16H15BrF2IN. The quantitative estimate of drug-likeness (QED) is 0.601. The van der Waals surface area contributed by atoms with Crippen LogP contribution in [0.5, 0.6) is 0 Å². The Hall–Kier alpha value is -0.530. The third-order valence-corrected chi connectivity index (χ3v) is 4.77. The van der Waals surface area contributed by atoms with E-state index in [1.54, 1.807) is 19.1 Å². The Morgan fingerprint density at radius 3 is 2.52 bits per heavy atom. The summed E-state index contributed by atoms with van der Waals surface area (Å²) in [6.07, 6.45) is 0. The lowest BCUT2D eigenvalue weighted by Crippen LogP contribution is -2.24. The molecule has 0 radical (unpaired) electrons. The van der Waals surface area contributed by atoms with Crippen LogP contribution in [-0.2, 0) is 0 Å². The highest BCUT2D eigenvalue weighted by atomic mass is 127. The number of benzene rings is 2. The van der Waals surface area contributed by atoms with E-state index in [0.29, 0.717) is 17.7 Å². The molecule has 5 heteroatoms. The van der Waals surface area contributed by atoms with Crippen molar-refractivity contribution < 1.29 is 8.78 Å². The molecule has 0 aromatic heterocycles. The highest BCUT2D eigenvalue weighted by Gasteiger charge is 2.22. The van der Waals surface area contributed by atoms with Gasteiger partial charge >= 0.3 is 0 Å². The van der Waals surface area contributed by atoms with Crippen molar-refractivity contribution in [1.29, 1.82) is 0 Å². The number of hydrogen-bond acceptors (Lipinski definition) is 1. The molecule has 0 saturated heterocycles. The average molecular weight is 466 g/mol. The van der Waals surface area contributed by atoms with Gasteiger partial charge in [0.1, 0.15) is 0 Å². The van der Waals surface area contributed by atoms with Gasteiger partial charge in [-0.3, -0.25) is 0 Å². The first-order chi connectivity index (χ1) is 9.95. The van der Waals surface area contributed by atoms with Gasteiger partial charge in [-0.25, -0.2) is 8.78 Å². The lowest BCUT2D eigenvalue weighted by molar-refractivity contribution is 0.478. The van der Waals surface area contributed by atoms with E-state index < -0.39 is 11.6 Å². The third-order valence-electron chi connectivity index (χ3n) is 3.29. The summed E-state index contributed by atoms with van der Waals surface area (Å²) >= 11 is 5.64. The molecule has 0 aliphatic carbocycles. The van der Waals surface area contributed by atoms with Crippen LogP contribution >= 0.6 is 38.5 Å². The van der Waals surface area contributed by atoms with Crippen LogP contribution in [0.25, 0.3) is 0 Å². The van der Waals surface area contributed by atoms with Crippen molar-refractivity contribution in [3.05, 3.63) is 66.7 Å². The molecule has 1 unspecified atom stereocenters. The molecule has 0 spiro atoms. The molecule has 112 valence electrons. The van der Waals surface area contributed by atoms with Gasteiger partial charge in [0.05, 0.1) is 6.04 Å². The first kappa shape index (κ1) is 16.8. The molecule has 2 aromatic rings. The summed E-state index contributed by atoms with van der Waals surface area (Å²) in [6.45, 7) is 4.16. The summed E-state index contributed by atoms with van der Waals surface area (Å²) in [6, 6.07) is 8.70. The first-order valence-electron chi connectivity index (χ1n) is 6.58. The van der Waals surface area contributed by atoms with Gasteiger partial charge < -0.3 is 5.32 Å². The molecule has 1 nitrogen and oxygen atoms in total. The summed E-state index contributed by atoms with van der Waals surface area (Å²) in [4.78, 5) is 0. The maximum Gasteiger partial charge on any atom is 0.164 e. The zero-order valence-electron chi connectivity index (χ0n) is 11.7. The summed E-state index contributed by atoms with van der Waals surface area (Å²) in [7, 11) is 0. The van der Waals surface area contributed by atoms with Gasteiger partial charge in [0, 0.05) is 13.6 Å². The minimum absolute atomic E-state index is 0.315. The zero-order chi connectivity index (χ0) is 15.6. The predicted molar refractivity (Wildman–Crippen MR) is 93.5 cm³/mol. The van der Waals surface area contributed by atoms with Gasteiger partial charge in [-0.15, -0.1) is 0 Å². The van der Waals surface area contributed by atoms with Crippen molar-refractivity contribution in [3.63, 3.8) is 0 Å². The fourth-order valence-corrected chi connectivity index (χ4v) is 3.24. The van der Waals surface area contributed by atoms with Crippen LogP contribution < -0.4 is 5.32 Å². The van der Waals surface area contributed by atoms with Crippen LogP contribution in [0.15, 0.2) is 34.8 Å². The Morgan fingerprint density at radius 2 is 1.86 bits per heavy atom. The van der Waals surface area contributed by atoms with Gasteiger partial charge in [0.25, 0.3) is 0 Å². The molecule has 2 rings (SSSR count). The minimum Gasteiger partial charge on any atom is -0.306 e. The van der Waals surface area contributed by atoms with E-state index in [1.165, 1.54) is 0 Å². The molecule has 21 heavy (non-hydrogen) atoms. The van der Waals surface area contributed by atoms with E-state index in [4.69, 9.17) is 0 Å². The van der Waals surface area contributed by atoms with Gasteiger partial charge in [-0.05, 0) is 65.4 Å². The van der Waals surface area contributed by atoms with E-state index in [2.05, 4.69) is 43.8 Å². The Balaban J connectivity index is 2.59. The maximum atomic E-state index is 14.3. The largest absolute Gasteiger partial charge is 0.306 e. The van der Waals surface area contributed by atoms with E-state index in [9.17, 15) is 8.78 Å². The van der Waals surface area contributed by atoms with Crippen molar-refractivity contribution in [2.24, 2.45) is 0 Å². The molecule has 0 aliphatic rings. The minimum atomic E-state index is -0.781. The Kier molecular flexibility index (Phi) is 5.73. The predicted octanol–water partition coefficient (Wildman–Crippen LogP) is 5.34. The van der Waals surface area contributed by atoms with Crippen LogP contribution in [0.1, 0.15) is 29.7 Å². The van der Waals surface area contributed by atoms with Crippen LogP contribution in [0.3, 0.4) is 0 Å². The van der Waals surface area contributed by atoms with Crippen LogP contribution in [0, 0.1) is 22.1 Å². The van der Waals surface area contributed by atoms with Gasteiger partial charge in [-0.1, -0.05) is 35.0 Å². The van der Waals surface area contributed by atoms with Gasteiger partial charge in [0.15, 0.2) is 11.6 Å². The fourth-order valence-electron chi connectivity index (χ4n) is 2.21. The van der Waals surface area contributed by atoms with Crippen LogP contribution in [0.2, 0.25) is 0 Å². The summed E-state index contributed by atoms with van der Waals surface area (Å²) in [5.41, 5.74) is 1.57. The second kappa shape index (κ2) is 7.15. The SMILES string of the molecule is CCNC(c1cc(Br)ccc1I)c1ccc(C)c(F)c1F. The molecule has 0 bridgehead atoms. The van der Waals surface area contributed by atoms with E-state index >= 15 is 0 Å². The Morgan fingerprint density at radius 1 is 1.14 bits per heavy atom. The van der Waals surface area contributed by atoms with Crippen molar-refractivity contribution >= 4 is 38.5 Å². The second-order valence-electron chi connectivity index (χ2n) is 4.76. The molecule has 1 N–H and O–H groups in total. The molecular weight excluding hydrogens is 451 g/mol. The summed E-state index contributed by atoms with van der Waals surface area (Å²) < 4.78 is 30.1. The van der Waals surface area contributed by atoms with Crippen LogP contribution in [-0.4, -0.2) is 6.54 Å².